The molecule has 0 spiro atoms. The van der Waals surface area contributed by atoms with E-state index in [1.165, 1.54) is 12.1 Å². The Hall–Kier alpha value is -3.33. The number of hydrogen-bond donors (Lipinski definition) is 2. The van der Waals surface area contributed by atoms with Crippen molar-refractivity contribution in [3.8, 4) is 0 Å². The van der Waals surface area contributed by atoms with E-state index in [1.54, 1.807) is 20.0 Å². The third kappa shape index (κ3) is 8.12. The number of halogens is 3. The van der Waals surface area contributed by atoms with Gasteiger partial charge in [0.2, 0.25) is 0 Å². The van der Waals surface area contributed by atoms with E-state index < -0.39 is 11.6 Å². The first-order valence-electron chi connectivity index (χ1n) is 11.3. The number of anilines is 3. The lowest BCUT2D eigenvalue weighted by Crippen LogP contribution is -2.31. The maximum atomic E-state index is 15.5. The van der Waals surface area contributed by atoms with Crippen molar-refractivity contribution in [1.82, 2.24) is 9.88 Å². The zero-order valence-corrected chi connectivity index (χ0v) is 22.4. The number of likely N-dealkylation sites (tertiary alicyclic amines) is 1. The van der Waals surface area contributed by atoms with Crippen molar-refractivity contribution in [2.45, 2.75) is 46.5 Å². The normalized spacial score (nSPS) is 15.6. The van der Waals surface area contributed by atoms with Crippen LogP contribution in [-0.2, 0) is 14.4 Å². The molecule has 0 unspecified atom stereocenters. The molecule has 1 aliphatic heterocycles. The Morgan fingerprint density at radius 1 is 1.14 bits per heavy atom. The van der Waals surface area contributed by atoms with E-state index in [9.17, 15) is 9.18 Å². The zero-order valence-electron chi connectivity index (χ0n) is 21.7. The molecule has 1 aliphatic rings. The van der Waals surface area contributed by atoms with E-state index in [0.29, 0.717) is 41.5 Å². The highest BCUT2D eigenvalue weighted by Crippen LogP contribution is 2.40. The molecule has 198 valence electrons. The number of aromatic nitrogens is 1. The first-order chi connectivity index (χ1) is 17.2. The molecule has 1 saturated heterocycles. The van der Waals surface area contributed by atoms with Gasteiger partial charge in [-0.15, -0.1) is 0 Å². The number of allylic oxidation sites excluding steroid dienone is 2. The van der Waals surface area contributed by atoms with Crippen molar-refractivity contribution in [1.29, 1.82) is 0 Å². The minimum absolute atomic E-state index is 0.0368. The van der Waals surface area contributed by atoms with Crippen LogP contribution in [0.2, 0.25) is 5.02 Å². The largest absolute Gasteiger partial charge is 0.377 e. The van der Waals surface area contributed by atoms with Gasteiger partial charge in [-0.25, -0.2) is 13.8 Å². The molecule has 2 heterocycles. The SMILES string of the molecule is C=O.C=O.CC.CNc1ncc(F)cc1Nc1ccc(Cl)c([C@@H]2CC/C(=C(/C)C(C)=O)N(C)C2)c1F. The zero-order chi connectivity index (χ0) is 28.0. The van der Waals surface area contributed by atoms with Crippen molar-refractivity contribution in [3.05, 3.63) is 57.9 Å². The van der Waals surface area contributed by atoms with Crippen LogP contribution in [-0.4, -0.2) is 49.9 Å². The van der Waals surface area contributed by atoms with E-state index in [4.69, 9.17) is 21.2 Å². The standard InChI is InChI=1S/C22H25ClF2N4O.C2H6.2CH2O/c1-12(13(2)30)19-8-5-14(11-29(19)4)20-16(23)6-7-17(21(20)25)28-18-9-15(24)10-27-22(18)26-3;3*1-2/h6-7,9-10,14,28H,5,8,11H2,1-4H3,(H,26,27);1-2H3;2*1H2/b19-12+;;;/t14-;;;/m1.../s1. The summed E-state index contributed by atoms with van der Waals surface area (Å²) in [7, 11) is 3.56. The number of pyridine rings is 1. The highest BCUT2D eigenvalue weighted by atomic mass is 35.5. The van der Waals surface area contributed by atoms with Crippen LogP contribution < -0.4 is 10.6 Å². The molecule has 2 N–H and O–H groups in total. The fourth-order valence-corrected chi connectivity index (χ4v) is 4.17. The maximum Gasteiger partial charge on any atom is 0.157 e. The molecule has 3 rings (SSSR count). The molecular formula is C26H35ClF2N4O3. The first-order valence-corrected chi connectivity index (χ1v) is 11.7. The second-order valence-corrected chi connectivity index (χ2v) is 7.90. The summed E-state index contributed by atoms with van der Waals surface area (Å²) in [4.78, 5) is 33.7. The lowest BCUT2D eigenvalue weighted by atomic mass is 9.87. The second-order valence-electron chi connectivity index (χ2n) is 7.49. The van der Waals surface area contributed by atoms with Gasteiger partial charge in [-0.3, -0.25) is 4.79 Å². The Balaban J connectivity index is 0.00000190. The number of piperidine rings is 1. The van der Waals surface area contributed by atoms with Gasteiger partial charge >= 0.3 is 0 Å². The Labute approximate surface area is 216 Å². The summed E-state index contributed by atoms with van der Waals surface area (Å²) >= 11 is 6.38. The summed E-state index contributed by atoms with van der Waals surface area (Å²) in [5.74, 6) is -0.695. The maximum absolute atomic E-state index is 15.5. The van der Waals surface area contributed by atoms with Crippen LogP contribution in [0.4, 0.5) is 26.0 Å². The highest BCUT2D eigenvalue weighted by molar-refractivity contribution is 6.31. The van der Waals surface area contributed by atoms with Crippen molar-refractivity contribution < 1.29 is 23.2 Å². The van der Waals surface area contributed by atoms with Gasteiger partial charge in [0.15, 0.2) is 11.6 Å². The number of carbonyl (C=O) groups is 3. The Morgan fingerprint density at radius 3 is 2.28 bits per heavy atom. The van der Waals surface area contributed by atoms with E-state index in [2.05, 4.69) is 15.6 Å². The van der Waals surface area contributed by atoms with E-state index in [0.717, 1.165) is 17.5 Å². The van der Waals surface area contributed by atoms with Gasteiger partial charge in [0.05, 0.1) is 17.6 Å². The topological polar surface area (TPSA) is 91.4 Å². The summed E-state index contributed by atoms with van der Waals surface area (Å²) < 4.78 is 29.1. The molecule has 1 atom stereocenters. The molecule has 0 radical (unpaired) electrons. The van der Waals surface area contributed by atoms with Gasteiger partial charge in [0.25, 0.3) is 0 Å². The highest BCUT2D eigenvalue weighted by Gasteiger charge is 2.29. The smallest absolute Gasteiger partial charge is 0.157 e. The summed E-state index contributed by atoms with van der Waals surface area (Å²) in [5.41, 5.74) is 2.66. The van der Waals surface area contributed by atoms with Gasteiger partial charge in [-0.1, -0.05) is 25.4 Å². The quantitative estimate of drug-likeness (QED) is 0.455. The predicted octanol–water partition coefficient (Wildman–Crippen LogP) is 6.13. The Kier molecular flexibility index (Phi) is 14.8. The van der Waals surface area contributed by atoms with Crippen LogP contribution in [0.25, 0.3) is 0 Å². The number of ketones is 1. The number of hydrogen-bond acceptors (Lipinski definition) is 7. The third-order valence-electron chi connectivity index (χ3n) is 5.54. The van der Waals surface area contributed by atoms with E-state index in [1.807, 2.05) is 46.3 Å². The van der Waals surface area contributed by atoms with Crippen molar-refractivity contribution >= 4 is 48.2 Å². The third-order valence-corrected chi connectivity index (χ3v) is 5.87. The summed E-state index contributed by atoms with van der Waals surface area (Å²) in [5, 5.41) is 6.13. The van der Waals surface area contributed by atoms with Crippen LogP contribution in [0.5, 0.6) is 0 Å². The van der Waals surface area contributed by atoms with Crippen LogP contribution >= 0.6 is 11.6 Å². The monoisotopic (exact) mass is 524 g/mol. The number of carbonyl (C=O) groups excluding carboxylic acids is 3. The van der Waals surface area contributed by atoms with Crippen molar-refractivity contribution in [2.24, 2.45) is 0 Å². The molecule has 1 fully saturated rings. The summed E-state index contributed by atoms with van der Waals surface area (Å²) in [6, 6.07) is 4.42. The molecule has 1 aromatic carbocycles. The Morgan fingerprint density at radius 2 is 1.75 bits per heavy atom. The van der Waals surface area contributed by atoms with Gasteiger partial charge in [0.1, 0.15) is 25.2 Å². The average Bonchev–Trinajstić information content (AvgIpc) is 2.89. The number of rotatable bonds is 5. The first kappa shape index (κ1) is 32.7. The van der Waals surface area contributed by atoms with Gasteiger partial charge < -0.3 is 25.1 Å². The average molecular weight is 525 g/mol. The van der Waals surface area contributed by atoms with Gasteiger partial charge in [0, 0.05) is 54.5 Å². The number of Topliss-reactive ketones (excluding diaryl/α,β-unsaturated/α-hetero) is 1. The van der Waals surface area contributed by atoms with Crippen molar-refractivity contribution in [3.63, 3.8) is 0 Å². The van der Waals surface area contributed by atoms with Gasteiger partial charge in [-0.05, 0) is 38.8 Å². The molecule has 0 aliphatic carbocycles. The second kappa shape index (κ2) is 16.4. The summed E-state index contributed by atoms with van der Waals surface area (Å²) in [6.07, 6.45) is 2.43. The molecule has 7 nitrogen and oxygen atoms in total. The van der Waals surface area contributed by atoms with Crippen molar-refractivity contribution in [2.75, 3.05) is 31.3 Å². The minimum Gasteiger partial charge on any atom is -0.377 e. The molecule has 36 heavy (non-hydrogen) atoms. The van der Waals surface area contributed by atoms with Crippen LogP contribution in [0.3, 0.4) is 0 Å². The van der Waals surface area contributed by atoms with Crippen LogP contribution in [0.1, 0.15) is 52.0 Å². The van der Waals surface area contributed by atoms with E-state index >= 15 is 4.39 Å². The molecule has 1 aromatic heterocycles. The number of nitrogens with zero attached hydrogens (tertiary/aromatic N) is 2. The minimum atomic E-state index is -0.528. The van der Waals surface area contributed by atoms with E-state index in [-0.39, 0.29) is 17.4 Å². The predicted molar refractivity (Wildman–Crippen MR) is 142 cm³/mol. The lowest BCUT2D eigenvalue weighted by Gasteiger charge is -2.35. The van der Waals surface area contributed by atoms with Crippen LogP contribution in [0, 0.1) is 11.6 Å². The Bertz CT molecular complexity index is 1050. The molecule has 0 amide bonds. The lowest BCUT2D eigenvalue weighted by molar-refractivity contribution is -0.113. The number of benzene rings is 1. The molecule has 0 bridgehead atoms. The number of likely N-dealkylation sites (N-methyl/N-ethyl adjacent to an activating group) is 1. The van der Waals surface area contributed by atoms with Crippen LogP contribution in [0.15, 0.2) is 35.7 Å². The molecular weight excluding hydrogens is 490 g/mol. The molecule has 2 aromatic rings. The number of nitrogens with one attached hydrogen (secondary N) is 2. The summed E-state index contributed by atoms with van der Waals surface area (Å²) in [6.45, 7) is 11.9. The molecule has 0 saturated carbocycles. The fraction of sp³-hybridized carbons (Fsp3) is 0.385. The molecule has 10 heteroatoms. The fourth-order valence-electron chi connectivity index (χ4n) is 3.87. The van der Waals surface area contributed by atoms with Gasteiger partial charge in [-0.2, -0.15) is 0 Å².